The molecule has 7 heteroatoms. The van der Waals surface area contributed by atoms with Crippen molar-refractivity contribution in [3.8, 4) is 40.1 Å². The molecule has 7 heterocycles. The maximum Gasteiger partial charge on any atom is 0.256 e. The van der Waals surface area contributed by atoms with Gasteiger partial charge in [0.05, 0.1) is 22.1 Å². The van der Waals surface area contributed by atoms with Crippen LogP contribution in [0.15, 0.2) is 176 Å². The first kappa shape index (κ1) is 31.1. The van der Waals surface area contributed by atoms with Crippen LogP contribution < -0.4 is 42.3 Å². The smallest absolute Gasteiger partial charge is 0.256 e. The molecule has 0 spiro atoms. The van der Waals surface area contributed by atoms with Crippen LogP contribution in [0.3, 0.4) is 0 Å². The van der Waals surface area contributed by atoms with Gasteiger partial charge in [0.15, 0.2) is 0 Å². The molecule has 3 aromatic heterocycles. The quantitative estimate of drug-likeness (QED) is 0.156. The van der Waals surface area contributed by atoms with Gasteiger partial charge in [-0.2, -0.15) is 0 Å². The fourth-order valence-corrected chi connectivity index (χ4v) is 12.1. The maximum atomic E-state index is 7.02. The molecule has 0 saturated carbocycles. The number of fused-ring (bicyclic) bond motifs is 18. The summed E-state index contributed by atoms with van der Waals surface area (Å²) in [4.78, 5) is 0. The molecule has 0 N–H and O–H groups in total. The zero-order valence-corrected chi connectivity index (χ0v) is 32.6. The minimum Gasteiger partial charge on any atom is -0.458 e. The fraction of sp³-hybridized carbons (Fsp3) is 0. The molecule has 278 valence electrons. The Morgan fingerprint density at radius 2 is 0.852 bits per heavy atom. The van der Waals surface area contributed by atoms with E-state index >= 15 is 0 Å². The molecule has 0 fully saturated rings. The van der Waals surface area contributed by atoms with Crippen LogP contribution in [0.4, 0.5) is 0 Å². The van der Waals surface area contributed by atoms with E-state index in [0.717, 1.165) is 28.7 Å². The first-order chi connectivity index (χ1) is 30.3. The molecule has 16 rings (SSSR count). The molecule has 0 saturated heterocycles. The minimum atomic E-state index is -0.0429. The number of ether oxygens (including phenoxy) is 2. The SMILES string of the molecule is c1ccc(-n2c3ccccc3c3ccc4c(c5cccc6c5n4-c4cccc5c4B6c4cc6c(cc4O5)Oc4cccc5c4B6c4cccc6c7ccccc7n-5c46)c32)cc1. The molecular formula is C54H29B2N3O2. The molecule has 0 radical (unpaired) electrons. The number of nitrogens with zero attached hydrogens (tertiary/aromatic N) is 3. The third-order valence-corrected chi connectivity index (χ3v) is 14.3. The van der Waals surface area contributed by atoms with Crippen molar-refractivity contribution >= 4 is 112 Å². The number of para-hydroxylation sites is 5. The summed E-state index contributed by atoms with van der Waals surface area (Å²) < 4.78 is 21.4. The van der Waals surface area contributed by atoms with Crippen molar-refractivity contribution in [2.24, 2.45) is 0 Å². The van der Waals surface area contributed by atoms with Gasteiger partial charge in [0.25, 0.3) is 13.4 Å². The van der Waals surface area contributed by atoms with Crippen LogP contribution in [0.5, 0.6) is 23.0 Å². The van der Waals surface area contributed by atoms with Crippen molar-refractivity contribution in [1.29, 1.82) is 0 Å². The van der Waals surface area contributed by atoms with Gasteiger partial charge in [-0.15, -0.1) is 0 Å². The Kier molecular flexibility index (Phi) is 5.42. The lowest BCUT2D eigenvalue weighted by molar-refractivity contribution is 0.465. The fourth-order valence-electron chi connectivity index (χ4n) is 12.1. The average molecular weight is 773 g/mol. The van der Waals surface area contributed by atoms with Crippen LogP contribution in [0.1, 0.15) is 0 Å². The predicted octanol–water partition coefficient (Wildman–Crippen LogP) is 8.85. The van der Waals surface area contributed by atoms with Crippen molar-refractivity contribution in [2.45, 2.75) is 0 Å². The Morgan fingerprint density at radius 3 is 1.52 bits per heavy atom. The second kappa shape index (κ2) is 10.6. The van der Waals surface area contributed by atoms with E-state index in [1.165, 1.54) is 110 Å². The highest BCUT2D eigenvalue weighted by atomic mass is 16.5. The molecule has 5 nitrogen and oxygen atoms in total. The van der Waals surface area contributed by atoms with Gasteiger partial charge in [-0.25, -0.2) is 0 Å². The van der Waals surface area contributed by atoms with Gasteiger partial charge < -0.3 is 23.2 Å². The van der Waals surface area contributed by atoms with Gasteiger partial charge in [0.1, 0.15) is 23.0 Å². The van der Waals surface area contributed by atoms with Crippen molar-refractivity contribution in [2.75, 3.05) is 0 Å². The Labute approximate surface area is 349 Å². The van der Waals surface area contributed by atoms with E-state index < -0.39 is 0 Å². The summed E-state index contributed by atoms with van der Waals surface area (Å²) in [6.07, 6.45) is 0. The number of rotatable bonds is 1. The van der Waals surface area contributed by atoms with Gasteiger partial charge >= 0.3 is 0 Å². The third-order valence-electron chi connectivity index (χ3n) is 14.3. The second-order valence-corrected chi connectivity index (χ2v) is 17.1. The molecule has 0 aliphatic carbocycles. The Hall–Kier alpha value is -7.89. The van der Waals surface area contributed by atoms with E-state index in [-0.39, 0.29) is 13.4 Å². The van der Waals surface area contributed by atoms with Gasteiger partial charge in [-0.05, 0) is 87.4 Å². The lowest BCUT2D eigenvalue weighted by atomic mass is 9.31. The molecule has 0 bridgehead atoms. The molecule has 0 atom stereocenters. The number of benzene rings is 9. The zero-order valence-electron chi connectivity index (χ0n) is 32.6. The summed E-state index contributed by atoms with van der Waals surface area (Å²) in [7, 11) is 0. The van der Waals surface area contributed by atoms with E-state index in [0.29, 0.717) is 0 Å². The summed E-state index contributed by atoms with van der Waals surface area (Å²) >= 11 is 0. The summed E-state index contributed by atoms with van der Waals surface area (Å²) in [5.41, 5.74) is 18.3. The molecule has 4 aliphatic rings. The molecular weight excluding hydrogens is 744 g/mol. The van der Waals surface area contributed by atoms with Gasteiger partial charge in [0.2, 0.25) is 0 Å². The van der Waals surface area contributed by atoms with Gasteiger partial charge in [-0.3, -0.25) is 0 Å². The van der Waals surface area contributed by atoms with Crippen LogP contribution >= 0.6 is 0 Å². The Bertz CT molecular complexity index is 4030. The van der Waals surface area contributed by atoms with E-state index in [1.54, 1.807) is 0 Å². The molecule has 0 unspecified atom stereocenters. The first-order valence-electron chi connectivity index (χ1n) is 21.2. The molecule has 12 aromatic rings. The number of aromatic nitrogens is 3. The average Bonchev–Trinajstić information content (AvgIpc) is 3.96. The molecule has 9 aromatic carbocycles. The van der Waals surface area contributed by atoms with Crippen LogP contribution in [-0.2, 0) is 0 Å². The normalized spacial score (nSPS) is 13.8. The van der Waals surface area contributed by atoms with Crippen LogP contribution in [0.25, 0.3) is 82.5 Å². The minimum absolute atomic E-state index is 0.00331. The second-order valence-electron chi connectivity index (χ2n) is 17.1. The summed E-state index contributed by atoms with van der Waals surface area (Å²) in [5.74, 6) is 3.50. The lowest BCUT2D eigenvalue weighted by Gasteiger charge is -2.36. The largest absolute Gasteiger partial charge is 0.458 e. The number of hydrogen-bond donors (Lipinski definition) is 0. The van der Waals surface area contributed by atoms with Crippen LogP contribution in [0, 0.1) is 0 Å². The molecule has 61 heavy (non-hydrogen) atoms. The van der Waals surface area contributed by atoms with Crippen LogP contribution in [-0.4, -0.2) is 27.1 Å². The Morgan fingerprint density at radius 1 is 0.328 bits per heavy atom. The summed E-state index contributed by atoms with van der Waals surface area (Å²) in [6, 6.07) is 64.6. The lowest BCUT2D eigenvalue weighted by Crippen LogP contribution is -2.62. The maximum absolute atomic E-state index is 7.02. The predicted molar refractivity (Wildman–Crippen MR) is 252 cm³/mol. The van der Waals surface area contributed by atoms with E-state index in [4.69, 9.17) is 9.47 Å². The monoisotopic (exact) mass is 773 g/mol. The highest BCUT2D eigenvalue weighted by Gasteiger charge is 2.45. The van der Waals surface area contributed by atoms with Crippen molar-refractivity contribution in [1.82, 2.24) is 13.7 Å². The third kappa shape index (κ3) is 3.58. The van der Waals surface area contributed by atoms with Crippen molar-refractivity contribution in [3.05, 3.63) is 176 Å². The van der Waals surface area contributed by atoms with Gasteiger partial charge in [0, 0.05) is 66.5 Å². The molecule has 4 aliphatic heterocycles. The summed E-state index contributed by atoms with van der Waals surface area (Å²) in [5, 5.41) is 7.59. The molecule has 0 amide bonds. The highest BCUT2D eigenvalue weighted by molar-refractivity contribution is 7.02. The van der Waals surface area contributed by atoms with Crippen molar-refractivity contribution in [3.63, 3.8) is 0 Å². The van der Waals surface area contributed by atoms with Crippen molar-refractivity contribution < 1.29 is 9.47 Å². The topological polar surface area (TPSA) is 33.2 Å². The first-order valence-corrected chi connectivity index (χ1v) is 21.2. The van der Waals surface area contributed by atoms with E-state index in [1.807, 2.05) is 0 Å². The number of hydrogen-bond acceptors (Lipinski definition) is 2. The standard InChI is InChI=1S/C54H29B2N3O2/c1-2-12-30(13-3-1)57-40-20-6-4-15-32(40)34-26-27-42-49(54(34)57)35-17-9-19-37-53(35)59(42)44-23-11-25-46-51(44)56(37)39-28-38-47(29-48(39)61-46)60-45-24-10-22-43-50(45)55(38)36-18-8-16-33-31-14-5-7-21-41(31)58(43)52(33)36/h1-29H. The van der Waals surface area contributed by atoms with Gasteiger partial charge in [-0.1, -0.05) is 115 Å². The van der Waals surface area contributed by atoms with E-state index in [2.05, 4.69) is 190 Å². The Balaban J connectivity index is 0.994. The highest BCUT2D eigenvalue weighted by Crippen LogP contribution is 2.44. The summed E-state index contributed by atoms with van der Waals surface area (Å²) in [6.45, 7) is -0.0462. The zero-order chi connectivity index (χ0) is 39.2. The van der Waals surface area contributed by atoms with Crippen LogP contribution in [0.2, 0.25) is 0 Å². The van der Waals surface area contributed by atoms with E-state index in [9.17, 15) is 0 Å².